The number of fused-ring (bicyclic) bond motifs is 1. The second-order valence-electron chi connectivity index (χ2n) is 6.19. The normalized spacial score (nSPS) is 15.4. The Morgan fingerprint density at radius 1 is 1.20 bits per heavy atom. The van der Waals surface area contributed by atoms with E-state index in [0.29, 0.717) is 16.3 Å². The minimum Gasteiger partial charge on any atom is -0.325 e. The van der Waals surface area contributed by atoms with Crippen molar-refractivity contribution in [3.63, 3.8) is 0 Å². The van der Waals surface area contributed by atoms with E-state index < -0.39 is 0 Å². The van der Waals surface area contributed by atoms with E-state index in [4.69, 9.17) is 0 Å². The highest BCUT2D eigenvalue weighted by Crippen LogP contribution is 2.35. The molecule has 6 heteroatoms. The lowest BCUT2D eigenvalue weighted by molar-refractivity contribution is -0.120. The zero-order chi connectivity index (χ0) is 17.2. The smallest absolute Gasteiger partial charge is 0.227 e. The third-order valence-corrected chi connectivity index (χ3v) is 5.54. The molecule has 0 bridgehead atoms. The second-order valence-corrected chi connectivity index (χ2v) is 7.22. The lowest BCUT2D eigenvalue weighted by Gasteiger charge is -2.22. The van der Waals surface area contributed by atoms with Gasteiger partial charge in [-0.2, -0.15) is 0 Å². The first-order chi connectivity index (χ1) is 12.2. The van der Waals surface area contributed by atoms with Crippen molar-refractivity contribution in [3.8, 4) is 10.6 Å². The summed E-state index contributed by atoms with van der Waals surface area (Å²) in [6.45, 7) is 1.71. The fraction of sp³-hybridized carbons (Fsp3) is 0.263. The summed E-state index contributed by atoms with van der Waals surface area (Å²) in [5, 5.41) is 6.95. The molecule has 2 aromatic carbocycles. The van der Waals surface area contributed by atoms with Gasteiger partial charge in [0.1, 0.15) is 10.8 Å². The van der Waals surface area contributed by atoms with Crippen LogP contribution in [0.2, 0.25) is 0 Å². The van der Waals surface area contributed by atoms with Crippen molar-refractivity contribution in [2.45, 2.75) is 12.8 Å². The minimum absolute atomic E-state index is 0.00420. The summed E-state index contributed by atoms with van der Waals surface area (Å²) in [6.07, 6.45) is 1.65. The van der Waals surface area contributed by atoms with Crippen LogP contribution in [0.1, 0.15) is 12.8 Å². The van der Waals surface area contributed by atoms with Crippen LogP contribution in [0.15, 0.2) is 42.5 Å². The Balaban J connectivity index is 1.67. The summed E-state index contributed by atoms with van der Waals surface area (Å²) in [5.41, 5.74) is 2.12. The number of carbonyl (C=O) groups is 1. The molecule has 0 unspecified atom stereocenters. The third-order valence-electron chi connectivity index (χ3n) is 4.47. The Kier molecular flexibility index (Phi) is 4.46. The molecular formula is C19H18FN3OS. The number of piperidine rings is 1. The monoisotopic (exact) mass is 355 g/mol. The molecule has 25 heavy (non-hydrogen) atoms. The van der Waals surface area contributed by atoms with E-state index in [1.807, 2.05) is 24.3 Å². The van der Waals surface area contributed by atoms with Crippen LogP contribution in [0, 0.1) is 11.7 Å². The molecule has 0 radical (unpaired) electrons. The minimum atomic E-state index is -0.339. The molecule has 2 heterocycles. The van der Waals surface area contributed by atoms with Crippen molar-refractivity contribution in [3.05, 3.63) is 48.3 Å². The standard InChI is InChI=1S/C19H18FN3OS/c20-13-5-6-15(22-18(24)12-7-9-21-10-8-12)14(11-13)19-23-16-3-1-2-4-17(16)25-19/h1-6,11-12,21H,7-10H2,(H,22,24). The Bertz CT molecular complexity index is 885. The van der Waals surface area contributed by atoms with E-state index in [2.05, 4.69) is 15.6 Å². The first-order valence-electron chi connectivity index (χ1n) is 8.38. The lowest BCUT2D eigenvalue weighted by atomic mass is 9.97. The number of thiazole rings is 1. The Morgan fingerprint density at radius 2 is 2.00 bits per heavy atom. The molecule has 0 spiro atoms. The topological polar surface area (TPSA) is 54.0 Å². The number of amides is 1. The molecule has 2 N–H and O–H groups in total. The number of carbonyl (C=O) groups excluding carboxylic acids is 1. The Labute approximate surface area is 149 Å². The van der Waals surface area contributed by atoms with Crippen molar-refractivity contribution < 1.29 is 9.18 Å². The van der Waals surface area contributed by atoms with Crippen molar-refractivity contribution in [1.82, 2.24) is 10.3 Å². The van der Waals surface area contributed by atoms with Crippen molar-refractivity contribution >= 4 is 33.1 Å². The van der Waals surface area contributed by atoms with Gasteiger partial charge in [-0.1, -0.05) is 12.1 Å². The first-order valence-corrected chi connectivity index (χ1v) is 9.19. The van der Waals surface area contributed by atoms with E-state index in [1.54, 1.807) is 6.07 Å². The summed E-state index contributed by atoms with van der Waals surface area (Å²) >= 11 is 1.50. The molecule has 1 aromatic heterocycles. The molecule has 4 nitrogen and oxygen atoms in total. The number of hydrogen-bond donors (Lipinski definition) is 2. The van der Waals surface area contributed by atoms with Crippen LogP contribution in [0.4, 0.5) is 10.1 Å². The number of aromatic nitrogens is 1. The molecule has 1 fully saturated rings. The molecule has 1 aliphatic rings. The van der Waals surface area contributed by atoms with Crippen molar-refractivity contribution in [1.29, 1.82) is 0 Å². The maximum atomic E-state index is 13.8. The summed E-state index contributed by atoms with van der Waals surface area (Å²) in [6, 6.07) is 12.2. The van der Waals surface area contributed by atoms with Gasteiger partial charge in [-0.15, -0.1) is 11.3 Å². The van der Waals surface area contributed by atoms with Gasteiger partial charge in [0, 0.05) is 11.5 Å². The number of nitrogens with zero attached hydrogens (tertiary/aromatic N) is 1. The number of anilines is 1. The van der Waals surface area contributed by atoms with Crippen LogP contribution in [-0.4, -0.2) is 24.0 Å². The molecule has 0 aliphatic carbocycles. The zero-order valence-electron chi connectivity index (χ0n) is 13.6. The summed E-state index contributed by atoms with van der Waals surface area (Å²) in [5.74, 6) is -0.348. The molecule has 0 saturated carbocycles. The van der Waals surface area contributed by atoms with Crippen LogP contribution in [0.3, 0.4) is 0 Å². The van der Waals surface area contributed by atoms with Crippen LogP contribution in [0.5, 0.6) is 0 Å². The molecule has 1 aliphatic heterocycles. The summed E-state index contributed by atoms with van der Waals surface area (Å²) in [7, 11) is 0. The number of halogens is 1. The summed E-state index contributed by atoms with van der Waals surface area (Å²) in [4.78, 5) is 17.2. The Morgan fingerprint density at radius 3 is 2.80 bits per heavy atom. The highest BCUT2D eigenvalue weighted by atomic mass is 32.1. The van der Waals surface area contributed by atoms with Crippen LogP contribution >= 0.6 is 11.3 Å². The van der Waals surface area contributed by atoms with Crippen molar-refractivity contribution in [2.75, 3.05) is 18.4 Å². The predicted molar refractivity (Wildman–Crippen MR) is 99.2 cm³/mol. The highest BCUT2D eigenvalue weighted by Gasteiger charge is 2.22. The van der Waals surface area contributed by atoms with Gasteiger partial charge in [0.25, 0.3) is 0 Å². The van der Waals surface area contributed by atoms with Gasteiger partial charge in [0.15, 0.2) is 0 Å². The van der Waals surface area contributed by atoms with E-state index in [9.17, 15) is 9.18 Å². The maximum absolute atomic E-state index is 13.8. The van der Waals surface area contributed by atoms with Crippen LogP contribution in [0.25, 0.3) is 20.8 Å². The van der Waals surface area contributed by atoms with Crippen LogP contribution < -0.4 is 10.6 Å². The highest BCUT2D eigenvalue weighted by molar-refractivity contribution is 7.21. The fourth-order valence-electron chi connectivity index (χ4n) is 3.11. The van der Waals surface area contributed by atoms with Gasteiger partial charge in [0.2, 0.25) is 5.91 Å². The molecule has 1 amide bonds. The Hall–Kier alpha value is -2.31. The van der Waals surface area contributed by atoms with Gasteiger partial charge in [-0.3, -0.25) is 4.79 Å². The number of nitrogens with one attached hydrogen (secondary N) is 2. The quantitative estimate of drug-likeness (QED) is 0.745. The predicted octanol–water partition coefficient (Wildman–Crippen LogP) is 4.04. The number of rotatable bonds is 3. The molecule has 3 aromatic rings. The first kappa shape index (κ1) is 16.2. The number of benzene rings is 2. The van der Waals surface area contributed by atoms with Gasteiger partial charge in [-0.05, 0) is 56.3 Å². The SMILES string of the molecule is O=C(Nc1ccc(F)cc1-c1nc2ccccc2s1)C1CCNCC1. The molecule has 128 valence electrons. The van der Waals surface area contributed by atoms with Gasteiger partial charge in [-0.25, -0.2) is 9.37 Å². The van der Waals surface area contributed by atoms with E-state index >= 15 is 0 Å². The van der Waals surface area contributed by atoms with E-state index in [-0.39, 0.29) is 17.6 Å². The van der Waals surface area contributed by atoms with E-state index in [0.717, 1.165) is 36.1 Å². The number of hydrogen-bond acceptors (Lipinski definition) is 4. The third kappa shape index (κ3) is 3.41. The number of para-hydroxylation sites is 1. The maximum Gasteiger partial charge on any atom is 0.227 e. The molecule has 0 atom stereocenters. The zero-order valence-corrected chi connectivity index (χ0v) is 14.4. The van der Waals surface area contributed by atoms with Crippen LogP contribution in [-0.2, 0) is 4.79 Å². The average Bonchev–Trinajstić information content (AvgIpc) is 3.08. The lowest BCUT2D eigenvalue weighted by Crippen LogP contribution is -2.34. The fourth-order valence-corrected chi connectivity index (χ4v) is 4.10. The largest absolute Gasteiger partial charge is 0.325 e. The van der Waals surface area contributed by atoms with Gasteiger partial charge < -0.3 is 10.6 Å². The van der Waals surface area contributed by atoms with E-state index in [1.165, 1.54) is 23.5 Å². The average molecular weight is 355 g/mol. The summed E-state index contributed by atoms with van der Waals surface area (Å²) < 4.78 is 14.9. The molecular weight excluding hydrogens is 337 g/mol. The van der Waals surface area contributed by atoms with Gasteiger partial charge >= 0.3 is 0 Å². The van der Waals surface area contributed by atoms with Gasteiger partial charge in [0.05, 0.1) is 15.9 Å². The second kappa shape index (κ2) is 6.90. The molecule has 4 rings (SSSR count). The van der Waals surface area contributed by atoms with Crippen molar-refractivity contribution in [2.24, 2.45) is 5.92 Å². The molecule has 1 saturated heterocycles.